The van der Waals surface area contributed by atoms with Gasteiger partial charge in [0, 0.05) is 44.7 Å². The summed E-state index contributed by atoms with van der Waals surface area (Å²) in [6.07, 6.45) is 0. The lowest BCUT2D eigenvalue weighted by Crippen LogP contribution is -2.53. The Hall–Kier alpha value is -1.03. The van der Waals surface area contributed by atoms with E-state index in [1.807, 2.05) is 0 Å². The molecule has 0 bridgehead atoms. The molecule has 0 atom stereocenters. The standard InChI is InChI=1S/C13H17BrFN3O3S/c1-16(2)22(20,21)18-7-5-17(6-8-18)13(19)11-4-3-10(15)9-12(11)14/h3-4,9H,5-8H2,1-2H3. The lowest BCUT2D eigenvalue weighted by molar-refractivity contribution is 0.0694. The molecule has 0 aliphatic carbocycles. The summed E-state index contributed by atoms with van der Waals surface area (Å²) >= 11 is 3.18. The summed E-state index contributed by atoms with van der Waals surface area (Å²) in [5.41, 5.74) is 0.366. The summed E-state index contributed by atoms with van der Waals surface area (Å²) in [6, 6.07) is 3.88. The molecule has 1 saturated heterocycles. The number of amides is 1. The maximum atomic E-state index is 13.1. The molecule has 1 fully saturated rings. The van der Waals surface area contributed by atoms with Gasteiger partial charge in [-0.1, -0.05) is 0 Å². The average Bonchev–Trinajstić information content (AvgIpc) is 2.46. The number of nitrogens with zero attached hydrogens (tertiary/aromatic N) is 3. The van der Waals surface area contributed by atoms with Crippen LogP contribution in [0.2, 0.25) is 0 Å². The molecule has 6 nitrogen and oxygen atoms in total. The van der Waals surface area contributed by atoms with Gasteiger partial charge < -0.3 is 4.90 Å². The van der Waals surface area contributed by atoms with Crippen molar-refractivity contribution in [3.63, 3.8) is 0 Å². The third kappa shape index (κ3) is 3.48. The second-order valence-corrected chi connectivity index (χ2v) is 8.10. The third-order valence-electron chi connectivity index (χ3n) is 3.48. The van der Waals surface area contributed by atoms with Crippen molar-refractivity contribution >= 4 is 32.0 Å². The van der Waals surface area contributed by atoms with Gasteiger partial charge in [0.15, 0.2) is 0 Å². The van der Waals surface area contributed by atoms with Crippen LogP contribution in [0.15, 0.2) is 22.7 Å². The zero-order valence-electron chi connectivity index (χ0n) is 12.3. The quantitative estimate of drug-likeness (QED) is 0.773. The summed E-state index contributed by atoms with van der Waals surface area (Å²) in [7, 11) is -0.508. The molecule has 0 saturated carbocycles. The number of carbonyl (C=O) groups excluding carboxylic acids is 1. The van der Waals surface area contributed by atoms with Gasteiger partial charge >= 0.3 is 0 Å². The highest BCUT2D eigenvalue weighted by molar-refractivity contribution is 9.10. The first-order valence-corrected chi connectivity index (χ1v) is 8.84. The Morgan fingerprint density at radius 1 is 1.23 bits per heavy atom. The van der Waals surface area contributed by atoms with Crippen LogP contribution in [0.4, 0.5) is 4.39 Å². The van der Waals surface area contributed by atoms with E-state index in [0.29, 0.717) is 23.1 Å². The zero-order valence-corrected chi connectivity index (χ0v) is 14.7. The number of hydrogen-bond acceptors (Lipinski definition) is 3. The smallest absolute Gasteiger partial charge is 0.281 e. The van der Waals surface area contributed by atoms with Crippen LogP contribution >= 0.6 is 15.9 Å². The van der Waals surface area contributed by atoms with Crippen LogP contribution in [0.1, 0.15) is 10.4 Å². The molecule has 1 aliphatic rings. The van der Waals surface area contributed by atoms with Crippen molar-refractivity contribution in [1.29, 1.82) is 0 Å². The highest BCUT2D eigenvalue weighted by Gasteiger charge is 2.30. The van der Waals surface area contributed by atoms with E-state index in [0.717, 1.165) is 4.31 Å². The van der Waals surface area contributed by atoms with E-state index in [2.05, 4.69) is 15.9 Å². The number of halogens is 2. The number of benzene rings is 1. The van der Waals surface area contributed by atoms with E-state index >= 15 is 0 Å². The molecule has 22 heavy (non-hydrogen) atoms. The Morgan fingerprint density at radius 2 is 1.82 bits per heavy atom. The Bertz CT molecular complexity index is 673. The highest BCUT2D eigenvalue weighted by Crippen LogP contribution is 2.21. The van der Waals surface area contributed by atoms with Gasteiger partial charge in [-0.2, -0.15) is 17.0 Å². The Morgan fingerprint density at radius 3 is 2.32 bits per heavy atom. The van der Waals surface area contributed by atoms with E-state index in [4.69, 9.17) is 0 Å². The summed E-state index contributed by atoms with van der Waals surface area (Å²) in [5, 5.41) is 0. The molecule has 122 valence electrons. The van der Waals surface area contributed by atoms with Crippen molar-refractivity contribution in [3.05, 3.63) is 34.1 Å². The van der Waals surface area contributed by atoms with Gasteiger partial charge in [-0.15, -0.1) is 0 Å². The maximum absolute atomic E-state index is 13.1. The molecule has 1 heterocycles. The second kappa shape index (κ2) is 6.61. The minimum Gasteiger partial charge on any atom is -0.336 e. The van der Waals surface area contributed by atoms with Crippen LogP contribution in [0, 0.1) is 5.82 Å². The first-order valence-electron chi connectivity index (χ1n) is 6.65. The summed E-state index contributed by atoms with van der Waals surface area (Å²) in [5.74, 6) is -0.668. The van der Waals surface area contributed by atoms with Crippen molar-refractivity contribution in [1.82, 2.24) is 13.5 Å². The van der Waals surface area contributed by atoms with Crippen LogP contribution < -0.4 is 0 Å². The van der Waals surface area contributed by atoms with E-state index in [1.54, 1.807) is 4.90 Å². The topological polar surface area (TPSA) is 60.9 Å². The number of hydrogen-bond donors (Lipinski definition) is 0. The van der Waals surface area contributed by atoms with Crippen LogP contribution in [0.25, 0.3) is 0 Å². The fraction of sp³-hybridized carbons (Fsp3) is 0.462. The van der Waals surface area contributed by atoms with Crippen molar-refractivity contribution < 1.29 is 17.6 Å². The molecule has 2 rings (SSSR count). The van der Waals surface area contributed by atoms with Crippen molar-refractivity contribution in [2.45, 2.75) is 0 Å². The lowest BCUT2D eigenvalue weighted by Gasteiger charge is -2.35. The van der Waals surface area contributed by atoms with Gasteiger partial charge in [0.1, 0.15) is 5.82 Å². The number of piperazine rings is 1. The maximum Gasteiger partial charge on any atom is 0.281 e. The monoisotopic (exact) mass is 393 g/mol. The SMILES string of the molecule is CN(C)S(=O)(=O)N1CCN(C(=O)c2ccc(F)cc2Br)CC1. The minimum atomic E-state index is -3.46. The minimum absolute atomic E-state index is 0.241. The Labute approximate surface area is 137 Å². The van der Waals surface area contributed by atoms with Gasteiger partial charge in [0.2, 0.25) is 0 Å². The van der Waals surface area contributed by atoms with Crippen LogP contribution in [0.3, 0.4) is 0 Å². The largest absolute Gasteiger partial charge is 0.336 e. The molecular weight excluding hydrogens is 377 g/mol. The average molecular weight is 394 g/mol. The third-order valence-corrected chi connectivity index (χ3v) is 6.07. The molecule has 1 aromatic carbocycles. The van der Waals surface area contributed by atoms with Crippen molar-refractivity contribution in [2.24, 2.45) is 0 Å². The van der Waals surface area contributed by atoms with E-state index < -0.39 is 16.0 Å². The first kappa shape index (κ1) is 17.3. The molecule has 9 heteroatoms. The van der Waals surface area contributed by atoms with Gasteiger partial charge in [-0.05, 0) is 34.1 Å². The number of carbonyl (C=O) groups is 1. The zero-order chi connectivity index (χ0) is 16.5. The summed E-state index contributed by atoms with van der Waals surface area (Å²) in [4.78, 5) is 14.0. The fourth-order valence-corrected chi connectivity index (χ4v) is 3.79. The van der Waals surface area contributed by atoms with Gasteiger partial charge in [-0.3, -0.25) is 4.79 Å². The van der Waals surface area contributed by atoms with E-state index in [9.17, 15) is 17.6 Å². The number of rotatable bonds is 3. The van der Waals surface area contributed by atoms with Crippen molar-refractivity contribution in [2.75, 3.05) is 40.3 Å². The van der Waals surface area contributed by atoms with Gasteiger partial charge in [-0.25, -0.2) is 4.39 Å². The molecular formula is C13H17BrFN3O3S. The predicted octanol–water partition coefficient (Wildman–Crippen LogP) is 1.15. The molecule has 0 spiro atoms. The van der Waals surface area contributed by atoms with Crippen LogP contribution in [-0.2, 0) is 10.2 Å². The van der Waals surface area contributed by atoms with E-state index in [-0.39, 0.29) is 19.0 Å². The van der Waals surface area contributed by atoms with Crippen molar-refractivity contribution in [3.8, 4) is 0 Å². The normalized spacial score (nSPS) is 17.0. The first-order chi connectivity index (χ1) is 10.2. The molecule has 1 aliphatic heterocycles. The second-order valence-electron chi connectivity index (χ2n) is 5.11. The van der Waals surface area contributed by atoms with Crippen LogP contribution in [-0.4, -0.2) is 68.1 Å². The van der Waals surface area contributed by atoms with Gasteiger partial charge in [0.25, 0.3) is 16.1 Å². The fourth-order valence-electron chi connectivity index (χ4n) is 2.19. The summed E-state index contributed by atoms with van der Waals surface area (Å²) in [6.45, 7) is 1.08. The van der Waals surface area contributed by atoms with Gasteiger partial charge in [0.05, 0.1) is 5.56 Å². The Kier molecular flexibility index (Phi) is 5.21. The molecule has 0 aromatic heterocycles. The highest BCUT2D eigenvalue weighted by atomic mass is 79.9. The molecule has 1 aromatic rings. The molecule has 0 N–H and O–H groups in total. The molecule has 0 unspecified atom stereocenters. The molecule has 0 radical (unpaired) electrons. The molecule has 1 amide bonds. The van der Waals surface area contributed by atoms with E-state index in [1.165, 1.54) is 36.6 Å². The van der Waals surface area contributed by atoms with Crippen LogP contribution in [0.5, 0.6) is 0 Å². The summed E-state index contributed by atoms with van der Waals surface area (Å²) < 4.78 is 40.0. The predicted molar refractivity (Wildman–Crippen MR) is 84.2 cm³/mol. The Balaban J connectivity index is 2.07. The lowest BCUT2D eigenvalue weighted by atomic mass is 10.2.